The van der Waals surface area contributed by atoms with Crippen LogP contribution in [-0.4, -0.2) is 23.1 Å². The summed E-state index contributed by atoms with van der Waals surface area (Å²) in [7, 11) is 0. The summed E-state index contributed by atoms with van der Waals surface area (Å²) in [6.07, 6.45) is 0.365. The molecule has 2 aromatic carbocycles. The molecule has 20 heavy (non-hydrogen) atoms. The zero-order chi connectivity index (χ0) is 13.9. The highest BCUT2D eigenvalue weighted by molar-refractivity contribution is 5.99. The van der Waals surface area contributed by atoms with Crippen molar-refractivity contribution in [2.75, 3.05) is 6.54 Å². The van der Waals surface area contributed by atoms with Gasteiger partial charge >= 0.3 is 0 Å². The molecule has 0 aromatic heterocycles. The molecular weight excluding hydrogens is 250 g/mol. The molecule has 0 radical (unpaired) electrons. The van der Waals surface area contributed by atoms with E-state index in [0.717, 1.165) is 11.1 Å². The van der Waals surface area contributed by atoms with Crippen LogP contribution in [0.3, 0.4) is 0 Å². The van der Waals surface area contributed by atoms with E-state index >= 15 is 0 Å². The lowest BCUT2D eigenvalue weighted by Crippen LogP contribution is -2.26. The van der Waals surface area contributed by atoms with Gasteiger partial charge < -0.3 is 4.90 Å². The largest absolute Gasteiger partial charge is 0.334 e. The Hall–Kier alpha value is -2.42. The number of ketones is 1. The molecule has 1 heterocycles. The first-order valence-corrected chi connectivity index (χ1v) is 6.71. The summed E-state index contributed by atoms with van der Waals surface area (Å²) in [5, 5.41) is 0. The van der Waals surface area contributed by atoms with Crippen molar-refractivity contribution >= 4 is 11.7 Å². The first kappa shape index (κ1) is 12.6. The van der Waals surface area contributed by atoms with Gasteiger partial charge in [0.2, 0.25) is 0 Å². The first-order chi connectivity index (χ1) is 9.75. The van der Waals surface area contributed by atoms with Gasteiger partial charge in [0.05, 0.1) is 0 Å². The number of carbonyl (C=O) groups is 2. The smallest absolute Gasteiger partial charge is 0.254 e. The Kier molecular flexibility index (Phi) is 3.33. The molecule has 100 valence electrons. The van der Waals surface area contributed by atoms with Gasteiger partial charge in [0.25, 0.3) is 5.91 Å². The zero-order valence-corrected chi connectivity index (χ0v) is 11.1. The van der Waals surface area contributed by atoms with Gasteiger partial charge in [0.15, 0.2) is 5.78 Å². The van der Waals surface area contributed by atoms with Crippen LogP contribution in [0, 0.1) is 0 Å². The number of fused-ring (bicyclic) bond motifs is 1. The molecular formula is C17H15NO2. The fraction of sp³-hybridized carbons (Fsp3) is 0.176. The molecule has 0 spiro atoms. The maximum atomic E-state index is 12.2. The summed E-state index contributed by atoms with van der Waals surface area (Å²) < 4.78 is 0. The molecule has 0 aliphatic carbocycles. The number of benzene rings is 2. The maximum absolute atomic E-state index is 12.2. The lowest BCUT2D eigenvalue weighted by atomic mass is 10.1. The highest BCUT2D eigenvalue weighted by Gasteiger charge is 2.26. The Morgan fingerprint density at radius 3 is 2.45 bits per heavy atom. The normalized spacial score (nSPS) is 13.4. The number of amides is 1. The number of hydrogen-bond acceptors (Lipinski definition) is 2. The monoisotopic (exact) mass is 265 g/mol. The highest BCUT2D eigenvalue weighted by Crippen LogP contribution is 2.22. The van der Waals surface area contributed by atoms with E-state index in [1.54, 1.807) is 4.90 Å². The van der Waals surface area contributed by atoms with Gasteiger partial charge in [-0.15, -0.1) is 0 Å². The molecule has 0 atom stereocenters. The van der Waals surface area contributed by atoms with Crippen LogP contribution in [0.1, 0.15) is 32.7 Å². The number of hydrogen-bond donors (Lipinski definition) is 0. The van der Waals surface area contributed by atoms with Crippen molar-refractivity contribution < 1.29 is 9.59 Å². The van der Waals surface area contributed by atoms with Crippen LogP contribution in [-0.2, 0) is 6.54 Å². The summed E-state index contributed by atoms with van der Waals surface area (Å²) >= 11 is 0. The predicted molar refractivity (Wildman–Crippen MR) is 76.6 cm³/mol. The molecule has 3 heteroatoms. The quantitative estimate of drug-likeness (QED) is 0.797. The molecule has 0 unspecified atom stereocenters. The SMILES string of the molecule is O=C(CCN1Cc2ccccc2C1=O)c1ccccc1. The topological polar surface area (TPSA) is 37.4 Å². The minimum Gasteiger partial charge on any atom is -0.334 e. The molecule has 0 bridgehead atoms. The summed E-state index contributed by atoms with van der Waals surface area (Å²) in [5.41, 5.74) is 2.51. The molecule has 0 N–H and O–H groups in total. The fourth-order valence-corrected chi connectivity index (χ4v) is 2.50. The molecule has 1 aliphatic heterocycles. The van der Waals surface area contributed by atoms with Crippen LogP contribution in [0.4, 0.5) is 0 Å². The summed E-state index contributed by atoms with van der Waals surface area (Å²) in [5.74, 6) is 0.107. The van der Waals surface area contributed by atoms with Crippen LogP contribution in [0.15, 0.2) is 54.6 Å². The number of rotatable bonds is 4. The molecule has 0 fully saturated rings. The van der Waals surface area contributed by atoms with E-state index in [2.05, 4.69) is 0 Å². The molecule has 1 amide bonds. The number of Topliss-reactive ketones (excluding diaryl/α,β-unsaturated/α-hetero) is 1. The Labute approximate surface area is 117 Å². The molecule has 3 rings (SSSR count). The summed E-state index contributed by atoms with van der Waals surface area (Å²) in [4.78, 5) is 25.9. The zero-order valence-electron chi connectivity index (χ0n) is 11.1. The third kappa shape index (κ3) is 2.35. The van der Waals surface area contributed by atoms with Gasteiger partial charge in [-0.25, -0.2) is 0 Å². The summed E-state index contributed by atoms with van der Waals surface area (Å²) in [6.45, 7) is 1.08. The molecule has 0 saturated heterocycles. The van der Waals surface area contributed by atoms with Crippen molar-refractivity contribution in [1.29, 1.82) is 0 Å². The van der Waals surface area contributed by atoms with Gasteiger partial charge in [-0.3, -0.25) is 9.59 Å². The third-order valence-corrected chi connectivity index (χ3v) is 3.60. The lowest BCUT2D eigenvalue weighted by Gasteiger charge is -2.14. The van der Waals surface area contributed by atoms with Crippen LogP contribution in [0.25, 0.3) is 0 Å². The van der Waals surface area contributed by atoms with Crippen LogP contribution in [0.2, 0.25) is 0 Å². The van der Waals surface area contributed by atoms with Gasteiger partial charge in [0, 0.05) is 30.6 Å². The Bertz CT molecular complexity index is 649. The minimum absolute atomic E-state index is 0.0291. The fourth-order valence-electron chi connectivity index (χ4n) is 2.50. The van der Waals surface area contributed by atoms with Crippen LogP contribution < -0.4 is 0 Å². The first-order valence-electron chi connectivity index (χ1n) is 6.71. The van der Waals surface area contributed by atoms with Gasteiger partial charge in [-0.1, -0.05) is 48.5 Å². The second-order valence-electron chi connectivity index (χ2n) is 4.92. The summed E-state index contributed by atoms with van der Waals surface area (Å²) in [6, 6.07) is 16.8. The van der Waals surface area contributed by atoms with Gasteiger partial charge in [0.1, 0.15) is 0 Å². The van der Waals surface area contributed by atoms with E-state index in [-0.39, 0.29) is 11.7 Å². The average Bonchev–Trinajstić information content (AvgIpc) is 2.83. The van der Waals surface area contributed by atoms with Crippen LogP contribution in [0.5, 0.6) is 0 Å². The number of nitrogens with zero attached hydrogens (tertiary/aromatic N) is 1. The van der Waals surface area contributed by atoms with E-state index in [1.807, 2.05) is 54.6 Å². The van der Waals surface area contributed by atoms with Crippen molar-refractivity contribution in [2.45, 2.75) is 13.0 Å². The third-order valence-electron chi connectivity index (χ3n) is 3.60. The number of carbonyl (C=O) groups excluding carboxylic acids is 2. The Morgan fingerprint density at radius 1 is 1.00 bits per heavy atom. The van der Waals surface area contributed by atoms with Crippen molar-refractivity contribution in [3.8, 4) is 0 Å². The molecule has 3 nitrogen and oxygen atoms in total. The second-order valence-corrected chi connectivity index (χ2v) is 4.92. The van der Waals surface area contributed by atoms with E-state index in [1.165, 1.54) is 0 Å². The van der Waals surface area contributed by atoms with E-state index in [0.29, 0.717) is 25.1 Å². The lowest BCUT2D eigenvalue weighted by molar-refractivity contribution is 0.0766. The highest BCUT2D eigenvalue weighted by atomic mass is 16.2. The van der Waals surface area contributed by atoms with Crippen LogP contribution >= 0.6 is 0 Å². The van der Waals surface area contributed by atoms with E-state index in [4.69, 9.17) is 0 Å². The molecule has 2 aromatic rings. The van der Waals surface area contributed by atoms with E-state index < -0.39 is 0 Å². The molecule has 1 aliphatic rings. The predicted octanol–water partition coefficient (Wildman–Crippen LogP) is 2.92. The average molecular weight is 265 g/mol. The molecule has 0 saturated carbocycles. The minimum atomic E-state index is 0.0291. The van der Waals surface area contributed by atoms with Gasteiger partial charge in [-0.05, 0) is 11.6 Å². The second kappa shape index (κ2) is 5.29. The maximum Gasteiger partial charge on any atom is 0.254 e. The van der Waals surface area contributed by atoms with E-state index in [9.17, 15) is 9.59 Å². The van der Waals surface area contributed by atoms with Crippen molar-refractivity contribution in [2.24, 2.45) is 0 Å². The van der Waals surface area contributed by atoms with Crippen molar-refractivity contribution in [3.63, 3.8) is 0 Å². The Balaban J connectivity index is 1.64. The van der Waals surface area contributed by atoms with Crippen molar-refractivity contribution in [3.05, 3.63) is 71.3 Å². The Morgan fingerprint density at radius 2 is 1.70 bits per heavy atom. The van der Waals surface area contributed by atoms with Gasteiger partial charge in [-0.2, -0.15) is 0 Å². The standard InChI is InChI=1S/C17H15NO2/c19-16(13-6-2-1-3-7-13)10-11-18-12-14-8-4-5-9-15(14)17(18)20/h1-9H,10-12H2. The van der Waals surface area contributed by atoms with Crippen molar-refractivity contribution in [1.82, 2.24) is 4.90 Å².